The van der Waals surface area contributed by atoms with Crippen LogP contribution in [0.1, 0.15) is 61.0 Å². The maximum Gasteiger partial charge on any atom is 0.262 e. The number of hydrogen-bond donors (Lipinski definition) is 2. The molecular formula is C19H26N2O3S2. The van der Waals surface area contributed by atoms with Crippen LogP contribution < -0.4 is 10.0 Å². The van der Waals surface area contributed by atoms with Crippen molar-refractivity contribution in [3.63, 3.8) is 0 Å². The van der Waals surface area contributed by atoms with E-state index < -0.39 is 10.0 Å². The summed E-state index contributed by atoms with van der Waals surface area (Å²) in [6.45, 7) is 0.697. The summed E-state index contributed by atoms with van der Waals surface area (Å²) in [5.74, 6) is 2.31. The smallest absolute Gasteiger partial charge is 0.262 e. The van der Waals surface area contributed by atoms with E-state index in [1.807, 2.05) is 0 Å². The summed E-state index contributed by atoms with van der Waals surface area (Å²) in [6, 6.07) is 1.59. The molecule has 0 aromatic carbocycles. The summed E-state index contributed by atoms with van der Waals surface area (Å²) < 4.78 is 27.7. The number of amides is 1. The standard InChI is InChI=1S/C19H26N2O3S2/c22-18(17-16(3-4-25-17)26(23,24)21-15-1-2-15)20-11-19-8-12-5-13(9-19)7-14(6-12)10-19/h3-4,12-15,21H,1-2,5-11H2,(H,20,22). The van der Waals surface area contributed by atoms with Crippen LogP contribution in [-0.4, -0.2) is 26.9 Å². The third-order valence-corrected chi connectivity index (χ3v) is 9.42. The van der Waals surface area contributed by atoms with Crippen LogP contribution in [0, 0.1) is 23.2 Å². The van der Waals surface area contributed by atoms with Crippen molar-refractivity contribution in [1.29, 1.82) is 0 Å². The summed E-state index contributed by atoms with van der Waals surface area (Å²) in [5.41, 5.74) is 0.257. The van der Waals surface area contributed by atoms with E-state index in [0.29, 0.717) is 11.4 Å². The lowest BCUT2D eigenvalue weighted by Crippen LogP contribution is -2.51. The molecule has 0 aliphatic heterocycles. The van der Waals surface area contributed by atoms with Crippen LogP contribution in [-0.2, 0) is 10.0 Å². The topological polar surface area (TPSA) is 75.3 Å². The van der Waals surface area contributed by atoms with Gasteiger partial charge < -0.3 is 5.32 Å². The first-order chi connectivity index (χ1) is 12.4. The van der Waals surface area contributed by atoms with Crippen molar-refractivity contribution in [2.45, 2.75) is 62.3 Å². The highest BCUT2D eigenvalue weighted by Gasteiger charge is 2.50. The molecule has 0 unspecified atom stereocenters. The van der Waals surface area contributed by atoms with Crippen molar-refractivity contribution in [3.8, 4) is 0 Å². The highest BCUT2D eigenvalue weighted by atomic mass is 32.2. The summed E-state index contributed by atoms with van der Waals surface area (Å²) >= 11 is 1.22. The lowest BCUT2D eigenvalue weighted by atomic mass is 9.49. The van der Waals surface area contributed by atoms with Crippen LogP contribution in [0.2, 0.25) is 0 Å². The molecule has 5 aliphatic carbocycles. The molecule has 1 aromatic heterocycles. The van der Waals surface area contributed by atoms with E-state index in [1.165, 1.54) is 49.9 Å². The average Bonchev–Trinajstić information content (AvgIpc) is 3.21. The molecule has 6 rings (SSSR count). The molecule has 0 saturated heterocycles. The predicted molar refractivity (Wildman–Crippen MR) is 101 cm³/mol. The van der Waals surface area contributed by atoms with Gasteiger partial charge in [-0.3, -0.25) is 4.79 Å². The first-order valence-corrected chi connectivity index (χ1v) is 12.2. The minimum Gasteiger partial charge on any atom is -0.351 e. The molecule has 26 heavy (non-hydrogen) atoms. The lowest BCUT2D eigenvalue weighted by Gasteiger charge is -2.56. The summed E-state index contributed by atoms with van der Waals surface area (Å²) in [6.07, 6.45) is 9.62. The van der Waals surface area contributed by atoms with Gasteiger partial charge in [0.1, 0.15) is 9.77 Å². The maximum absolute atomic E-state index is 12.8. The van der Waals surface area contributed by atoms with Gasteiger partial charge in [-0.1, -0.05) is 0 Å². The van der Waals surface area contributed by atoms with Gasteiger partial charge in [0.2, 0.25) is 10.0 Å². The molecule has 2 N–H and O–H groups in total. The second-order valence-corrected chi connectivity index (χ2v) is 11.7. The van der Waals surface area contributed by atoms with Gasteiger partial charge in [-0.05, 0) is 86.0 Å². The third kappa shape index (κ3) is 3.12. The largest absolute Gasteiger partial charge is 0.351 e. The van der Waals surface area contributed by atoms with E-state index in [4.69, 9.17) is 0 Å². The first-order valence-electron chi connectivity index (χ1n) is 9.80. The Balaban J connectivity index is 1.29. The fourth-order valence-electron chi connectivity index (χ4n) is 6.01. The predicted octanol–water partition coefficient (Wildman–Crippen LogP) is 3.14. The number of rotatable bonds is 6. The van der Waals surface area contributed by atoms with Crippen molar-refractivity contribution in [2.75, 3.05) is 6.54 Å². The third-order valence-electron chi connectivity index (χ3n) is 6.81. The van der Waals surface area contributed by atoms with Gasteiger partial charge in [0, 0.05) is 12.6 Å². The summed E-state index contributed by atoms with van der Waals surface area (Å²) in [7, 11) is -3.59. The monoisotopic (exact) mass is 394 g/mol. The van der Waals surface area contributed by atoms with Gasteiger partial charge in [-0.2, -0.15) is 0 Å². The van der Waals surface area contributed by atoms with Crippen molar-refractivity contribution in [1.82, 2.24) is 10.0 Å². The molecule has 0 atom stereocenters. The molecule has 142 valence electrons. The molecule has 1 aromatic rings. The first kappa shape index (κ1) is 17.2. The van der Waals surface area contributed by atoms with Crippen LogP contribution in [0.3, 0.4) is 0 Å². The minimum absolute atomic E-state index is 0.0443. The SMILES string of the molecule is O=C(NCC12CC3CC(CC(C3)C1)C2)c1sccc1S(=O)(=O)NC1CC1. The molecular weight excluding hydrogens is 368 g/mol. The van der Waals surface area contributed by atoms with Crippen LogP contribution in [0.15, 0.2) is 16.3 Å². The molecule has 7 heteroatoms. The Hall–Kier alpha value is -0.920. The van der Waals surface area contributed by atoms with Crippen LogP contribution in [0.5, 0.6) is 0 Å². The second-order valence-electron chi connectivity index (χ2n) is 9.11. The molecule has 5 aliphatic rings. The van der Waals surface area contributed by atoms with Gasteiger partial charge in [0.15, 0.2) is 0 Å². The van der Waals surface area contributed by atoms with Gasteiger partial charge in [0.05, 0.1) is 0 Å². The Morgan fingerprint density at radius 2 is 1.73 bits per heavy atom. The van der Waals surface area contributed by atoms with E-state index in [0.717, 1.165) is 30.6 Å². The van der Waals surface area contributed by atoms with Crippen LogP contribution in [0.25, 0.3) is 0 Å². The number of carbonyl (C=O) groups excluding carboxylic acids is 1. The van der Waals surface area contributed by atoms with Crippen LogP contribution >= 0.6 is 11.3 Å². The van der Waals surface area contributed by atoms with E-state index in [1.54, 1.807) is 11.4 Å². The van der Waals surface area contributed by atoms with E-state index in [9.17, 15) is 13.2 Å². The highest BCUT2D eigenvalue weighted by molar-refractivity contribution is 7.89. The molecule has 0 radical (unpaired) electrons. The Labute approximate surface area is 159 Å². The quantitative estimate of drug-likeness (QED) is 0.778. The molecule has 0 spiro atoms. The van der Waals surface area contributed by atoms with E-state index in [-0.39, 0.29) is 22.3 Å². The van der Waals surface area contributed by atoms with Crippen molar-refractivity contribution >= 4 is 27.3 Å². The molecule has 5 fully saturated rings. The zero-order chi connectivity index (χ0) is 17.9. The van der Waals surface area contributed by atoms with Gasteiger partial charge in [-0.15, -0.1) is 11.3 Å². The maximum atomic E-state index is 12.8. The second kappa shape index (κ2) is 6.04. The van der Waals surface area contributed by atoms with Crippen molar-refractivity contribution in [3.05, 3.63) is 16.3 Å². The molecule has 5 saturated carbocycles. The van der Waals surface area contributed by atoms with Gasteiger partial charge >= 0.3 is 0 Å². The summed E-state index contributed by atoms with van der Waals surface area (Å²) in [4.78, 5) is 13.2. The zero-order valence-corrected chi connectivity index (χ0v) is 16.5. The zero-order valence-electron chi connectivity index (χ0n) is 14.9. The van der Waals surface area contributed by atoms with Crippen LogP contribution in [0.4, 0.5) is 0 Å². The van der Waals surface area contributed by atoms with E-state index >= 15 is 0 Å². The highest BCUT2D eigenvalue weighted by Crippen LogP contribution is 2.59. The lowest BCUT2D eigenvalue weighted by molar-refractivity contribution is -0.0503. The Morgan fingerprint density at radius 1 is 1.12 bits per heavy atom. The fourth-order valence-corrected chi connectivity index (χ4v) is 8.66. The number of carbonyl (C=O) groups is 1. The number of nitrogens with one attached hydrogen (secondary N) is 2. The average molecular weight is 395 g/mol. The Bertz CT molecular complexity index is 790. The van der Waals surface area contributed by atoms with Gasteiger partial charge in [-0.25, -0.2) is 13.1 Å². The van der Waals surface area contributed by atoms with Crippen molar-refractivity contribution < 1.29 is 13.2 Å². The molecule has 1 amide bonds. The Kier molecular flexibility index (Phi) is 4.00. The molecule has 4 bridgehead atoms. The molecule has 1 heterocycles. The van der Waals surface area contributed by atoms with Crippen molar-refractivity contribution in [2.24, 2.45) is 23.2 Å². The summed E-state index contributed by atoms with van der Waals surface area (Å²) in [5, 5.41) is 4.80. The normalized spacial score (nSPS) is 35.6. The fraction of sp³-hybridized carbons (Fsp3) is 0.737. The number of sulfonamides is 1. The Morgan fingerprint density at radius 3 is 2.31 bits per heavy atom. The minimum atomic E-state index is -3.59. The molecule has 5 nitrogen and oxygen atoms in total. The number of thiophene rings is 1. The number of hydrogen-bond acceptors (Lipinski definition) is 4. The van der Waals surface area contributed by atoms with Gasteiger partial charge in [0.25, 0.3) is 5.91 Å². The van der Waals surface area contributed by atoms with E-state index in [2.05, 4.69) is 10.0 Å².